The summed E-state index contributed by atoms with van der Waals surface area (Å²) in [5.74, 6) is 0.328. The zero-order valence-electron chi connectivity index (χ0n) is 8.55. The van der Waals surface area contributed by atoms with Gasteiger partial charge in [-0.2, -0.15) is 0 Å². The van der Waals surface area contributed by atoms with E-state index in [4.69, 9.17) is 0 Å². The summed E-state index contributed by atoms with van der Waals surface area (Å²) >= 11 is 1.66. The predicted molar refractivity (Wildman–Crippen MR) is 68.9 cm³/mol. The summed E-state index contributed by atoms with van der Waals surface area (Å²) in [6.45, 7) is 0. The Kier molecular flexibility index (Phi) is 2.15. The highest BCUT2D eigenvalue weighted by Gasteiger charge is 2.05. The molecule has 2 heteroatoms. The van der Waals surface area contributed by atoms with Crippen LogP contribution in [0.3, 0.4) is 0 Å². The van der Waals surface area contributed by atoms with Crippen LogP contribution in [0.25, 0.3) is 21.2 Å². The lowest BCUT2D eigenvalue weighted by Gasteiger charge is -1.99. The van der Waals surface area contributed by atoms with Gasteiger partial charge in [0.15, 0.2) is 0 Å². The lowest BCUT2D eigenvalue weighted by Crippen LogP contribution is -1.73. The van der Waals surface area contributed by atoms with Crippen LogP contribution in [0.15, 0.2) is 53.9 Å². The van der Waals surface area contributed by atoms with E-state index in [1.165, 1.54) is 16.5 Å². The second kappa shape index (κ2) is 3.65. The lowest BCUT2D eigenvalue weighted by molar-refractivity contribution is 0.476. The molecular formula is C14H10OS. The van der Waals surface area contributed by atoms with Gasteiger partial charge in [0, 0.05) is 15.6 Å². The maximum absolute atomic E-state index is 9.42. The first-order chi connectivity index (χ1) is 7.84. The van der Waals surface area contributed by atoms with Crippen LogP contribution in [0.5, 0.6) is 5.75 Å². The van der Waals surface area contributed by atoms with E-state index >= 15 is 0 Å². The molecule has 3 rings (SSSR count). The summed E-state index contributed by atoms with van der Waals surface area (Å²) in [4.78, 5) is 0. The smallest absolute Gasteiger partial charge is 0.117 e. The van der Waals surface area contributed by atoms with Crippen molar-refractivity contribution in [3.8, 4) is 16.9 Å². The lowest BCUT2D eigenvalue weighted by atomic mass is 10.1. The first-order valence-electron chi connectivity index (χ1n) is 5.10. The minimum absolute atomic E-state index is 0.328. The number of thiophene rings is 1. The van der Waals surface area contributed by atoms with Crippen LogP contribution in [-0.2, 0) is 0 Å². The molecule has 0 atom stereocenters. The molecule has 0 saturated heterocycles. The van der Waals surface area contributed by atoms with E-state index in [0.717, 1.165) is 4.70 Å². The molecule has 0 aliphatic heterocycles. The van der Waals surface area contributed by atoms with Crippen molar-refractivity contribution in [1.29, 1.82) is 0 Å². The van der Waals surface area contributed by atoms with Crippen molar-refractivity contribution >= 4 is 21.4 Å². The molecule has 78 valence electrons. The van der Waals surface area contributed by atoms with Gasteiger partial charge in [0.1, 0.15) is 5.75 Å². The van der Waals surface area contributed by atoms with Crippen molar-refractivity contribution in [2.24, 2.45) is 0 Å². The Hall–Kier alpha value is -1.80. The van der Waals surface area contributed by atoms with Gasteiger partial charge in [-0.25, -0.2) is 0 Å². The minimum atomic E-state index is 0.328. The minimum Gasteiger partial charge on any atom is -0.508 e. The highest BCUT2D eigenvalue weighted by Crippen LogP contribution is 2.35. The van der Waals surface area contributed by atoms with Gasteiger partial charge in [-0.05, 0) is 29.1 Å². The third kappa shape index (κ3) is 1.48. The first kappa shape index (κ1) is 9.43. The Morgan fingerprint density at radius 2 is 1.75 bits per heavy atom. The molecule has 1 aromatic heterocycles. The number of phenols is 1. The molecule has 0 fully saturated rings. The van der Waals surface area contributed by atoms with Crippen LogP contribution < -0.4 is 0 Å². The highest BCUT2D eigenvalue weighted by atomic mass is 32.1. The standard InChI is InChI=1S/C14H10OS/c15-11-6-7-12-13(9-16-14(12)8-11)10-4-2-1-3-5-10/h1-9,15H. The zero-order valence-corrected chi connectivity index (χ0v) is 9.37. The number of benzene rings is 2. The summed E-state index contributed by atoms with van der Waals surface area (Å²) < 4.78 is 1.12. The molecule has 0 amide bonds. The molecule has 1 heterocycles. The monoisotopic (exact) mass is 226 g/mol. The van der Waals surface area contributed by atoms with Gasteiger partial charge in [-0.3, -0.25) is 0 Å². The van der Waals surface area contributed by atoms with Gasteiger partial charge in [-0.1, -0.05) is 30.3 Å². The number of hydrogen-bond acceptors (Lipinski definition) is 2. The Morgan fingerprint density at radius 3 is 2.56 bits per heavy atom. The fourth-order valence-corrected chi connectivity index (χ4v) is 2.86. The second-order valence-corrected chi connectivity index (χ2v) is 4.61. The Balaban J connectivity index is 2.26. The normalized spacial score (nSPS) is 10.8. The van der Waals surface area contributed by atoms with E-state index in [0.29, 0.717) is 5.75 Å². The fourth-order valence-electron chi connectivity index (χ4n) is 1.86. The van der Waals surface area contributed by atoms with Gasteiger partial charge >= 0.3 is 0 Å². The molecular weight excluding hydrogens is 216 g/mol. The van der Waals surface area contributed by atoms with Crippen molar-refractivity contribution in [2.75, 3.05) is 0 Å². The first-order valence-corrected chi connectivity index (χ1v) is 5.98. The number of rotatable bonds is 1. The van der Waals surface area contributed by atoms with Crippen molar-refractivity contribution in [3.63, 3.8) is 0 Å². The molecule has 0 aliphatic carbocycles. The number of phenolic OH excluding ortho intramolecular Hbond substituents is 1. The molecule has 0 spiro atoms. The zero-order chi connectivity index (χ0) is 11.0. The maximum atomic E-state index is 9.42. The summed E-state index contributed by atoms with van der Waals surface area (Å²) in [5, 5.41) is 12.8. The van der Waals surface area contributed by atoms with E-state index in [1.54, 1.807) is 17.4 Å². The SMILES string of the molecule is Oc1ccc2c(-c3ccccc3)csc2c1. The molecule has 16 heavy (non-hydrogen) atoms. The second-order valence-electron chi connectivity index (χ2n) is 3.70. The van der Waals surface area contributed by atoms with Crippen LogP contribution in [0.2, 0.25) is 0 Å². The fraction of sp³-hybridized carbons (Fsp3) is 0. The van der Waals surface area contributed by atoms with Crippen LogP contribution in [0, 0.1) is 0 Å². The van der Waals surface area contributed by atoms with Gasteiger partial charge < -0.3 is 5.11 Å². The van der Waals surface area contributed by atoms with Gasteiger partial charge in [0.05, 0.1) is 0 Å². The molecule has 0 unspecified atom stereocenters. The quantitative estimate of drug-likeness (QED) is 0.656. The Labute approximate surface area is 97.6 Å². The molecule has 1 N–H and O–H groups in total. The van der Waals surface area contributed by atoms with Crippen LogP contribution in [0.1, 0.15) is 0 Å². The van der Waals surface area contributed by atoms with Crippen LogP contribution in [-0.4, -0.2) is 5.11 Å². The van der Waals surface area contributed by atoms with Crippen molar-refractivity contribution < 1.29 is 5.11 Å². The van der Waals surface area contributed by atoms with Gasteiger partial charge in [0.2, 0.25) is 0 Å². The van der Waals surface area contributed by atoms with Gasteiger partial charge in [0.25, 0.3) is 0 Å². The topological polar surface area (TPSA) is 20.2 Å². The molecule has 0 aliphatic rings. The van der Waals surface area contributed by atoms with Crippen molar-refractivity contribution in [2.45, 2.75) is 0 Å². The Morgan fingerprint density at radius 1 is 0.938 bits per heavy atom. The summed E-state index contributed by atoms with van der Waals surface area (Å²) in [7, 11) is 0. The average molecular weight is 226 g/mol. The molecule has 1 nitrogen and oxygen atoms in total. The predicted octanol–water partition coefficient (Wildman–Crippen LogP) is 4.27. The Bertz CT molecular complexity index is 626. The molecule has 3 aromatic rings. The molecule has 0 bridgehead atoms. The van der Waals surface area contributed by atoms with Crippen molar-refractivity contribution in [1.82, 2.24) is 0 Å². The number of hydrogen-bond donors (Lipinski definition) is 1. The number of aromatic hydroxyl groups is 1. The molecule has 2 aromatic carbocycles. The maximum Gasteiger partial charge on any atom is 0.117 e. The van der Waals surface area contributed by atoms with E-state index < -0.39 is 0 Å². The average Bonchev–Trinajstić information content (AvgIpc) is 2.73. The van der Waals surface area contributed by atoms with E-state index in [-0.39, 0.29) is 0 Å². The van der Waals surface area contributed by atoms with E-state index in [2.05, 4.69) is 17.5 Å². The largest absolute Gasteiger partial charge is 0.508 e. The van der Waals surface area contributed by atoms with Gasteiger partial charge in [-0.15, -0.1) is 11.3 Å². The highest BCUT2D eigenvalue weighted by molar-refractivity contribution is 7.17. The summed E-state index contributed by atoms with van der Waals surface area (Å²) in [6, 6.07) is 15.8. The third-order valence-electron chi connectivity index (χ3n) is 2.64. The van der Waals surface area contributed by atoms with Crippen LogP contribution >= 0.6 is 11.3 Å². The van der Waals surface area contributed by atoms with Crippen molar-refractivity contribution in [3.05, 3.63) is 53.9 Å². The third-order valence-corrected chi connectivity index (χ3v) is 3.59. The van der Waals surface area contributed by atoms with E-state index in [9.17, 15) is 5.11 Å². The van der Waals surface area contributed by atoms with Crippen LogP contribution in [0.4, 0.5) is 0 Å². The summed E-state index contributed by atoms with van der Waals surface area (Å²) in [5.41, 5.74) is 2.46. The summed E-state index contributed by atoms with van der Waals surface area (Å²) in [6.07, 6.45) is 0. The molecule has 0 radical (unpaired) electrons. The number of fused-ring (bicyclic) bond motifs is 1. The van der Waals surface area contributed by atoms with E-state index in [1.807, 2.05) is 30.3 Å². The molecule has 0 saturated carbocycles.